The molecule has 4 heteroatoms. The molecule has 132 valence electrons. The second-order valence-electron chi connectivity index (χ2n) is 6.08. The molecule has 1 atom stereocenters. The molecule has 3 aromatic carbocycles. The molecule has 3 rings (SSSR count). The molecule has 1 N–H and O–H groups in total. The molecule has 0 spiro atoms. The van der Waals surface area contributed by atoms with Gasteiger partial charge in [-0.05, 0) is 29.7 Å². The molecular formula is C22H19ClO2S. The minimum atomic E-state index is -0.852. The minimum absolute atomic E-state index is 0.0337. The van der Waals surface area contributed by atoms with Crippen LogP contribution in [-0.4, -0.2) is 16.8 Å². The molecule has 0 radical (unpaired) electrons. The van der Waals surface area contributed by atoms with Crippen LogP contribution in [0.3, 0.4) is 0 Å². The van der Waals surface area contributed by atoms with Crippen molar-refractivity contribution in [1.82, 2.24) is 0 Å². The highest BCUT2D eigenvalue weighted by Gasteiger charge is 2.39. The summed E-state index contributed by atoms with van der Waals surface area (Å²) in [4.78, 5) is 11.4. The Morgan fingerprint density at radius 3 is 2.12 bits per heavy atom. The molecule has 3 aromatic rings. The van der Waals surface area contributed by atoms with Gasteiger partial charge in [-0.25, -0.2) is 0 Å². The first-order chi connectivity index (χ1) is 12.5. The Morgan fingerprint density at radius 2 is 1.50 bits per heavy atom. The van der Waals surface area contributed by atoms with Crippen molar-refractivity contribution in [3.05, 3.63) is 106 Å². The summed E-state index contributed by atoms with van der Waals surface area (Å²) in [6.07, 6.45) is 0. The van der Waals surface area contributed by atoms with Crippen LogP contribution < -0.4 is 0 Å². The summed E-state index contributed by atoms with van der Waals surface area (Å²) < 4.78 is -0.703. The number of aliphatic carboxylic acids is 1. The van der Waals surface area contributed by atoms with Gasteiger partial charge in [-0.15, -0.1) is 11.8 Å². The molecule has 0 saturated carbocycles. The lowest BCUT2D eigenvalue weighted by molar-refractivity contribution is -0.133. The number of carbonyl (C=O) groups is 1. The summed E-state index contributed by atoms with van der Waals surface area (Å²) in [6.45, 7) is 2.04. The van der Waals surface area contributed by atoms with Crippen molar-refractivity contribution < 1.29 is 9.90 Å². The van der Waals surface area contributed by atoms with Crippen molar-refractivity contribution in [3.63, 3.8) is 0 Å². The van der Waals surface area contributed by atoms with Gasteiger partial charge >= 0.3 is 5.97 Å². The predicted octanol–water partition coefficient (Wildman–Crippen LogP) is 5.76. The molecule has 0 fully saturated rings. The quantitative estimate of drug-likeness (QED) is 0.551. The average molecular weight is 383 g/mol. The SMILES string of the molecule is Cc1ccc(C(SCC(=O)O)(c2ccccc2)c2ccccc2Cl)cc1. The van der Waals surface area contributed by atoms with Gasteiger partial charge in [-0.2, -0.15) is 0 Å². The summed E-state index contributed by atoms with van der Waals surface area (Å²) >= 11 is 7.97. The Balaban J connectivity index is 2.32. The zero-order chi connectivity index (χ0) is 18.6. The second kappa shape index (κ2) is 7.98. The smallest absolute Gasteiger partial charge is 0.313 e. The maximum Gasteiger partial charge on any atom is 0.313 e. The van der Waals surface area contributed by atoms with E-state index in [0.717, 1.165) is 22.3 Å². The maximum atomic E-state index is 11.4. The summed E-state index contributed by atoms with van der Waals surface area (Å²) in [7, 11) is 0. The highest BCUT2D eigenvalue weighted by Crippen LogP contribution is 2.50. The topological polar surface area (TPSA) is 37.3 Å². The van der Waals surface area contributed by atoms with Gasteiger partial charge in [0.05, 0.1) is 10.5 Å². The van der Waals surface area contributed by atoms with Gasteiger partial charge in [0.15, 0.2) is 0 Å². The van der Waals surface area contributed by atoms with Crippen molar-refractivity contribution in [1.29, 1.82) is 0 Å². The molecular weight excluding hydrogens is 364 g/mol. The van der Waals surface area contributed by atoms with E-state index < -0.39 is 10.7 Å². The number of halogens is 1. The lowest BCUT2D eigenvalue weighted by atomic mass is 9.83. The molecule has 0 aliphatic rings. The molecule has 1 unspecified atom stereocenters. The van der Waals surface area contributed by atoms with E-state index in [1.54, 1.807) is 0 Å². The Morgan fingerprint density at radius 1 is 0.923 bits per heavy atom. The first kappa shape index (κ1) is 18.6. The van der Waals surface area contributed by atoms with Crippen LogP contribution in [-0.2, 0) is 9.54 Å². The Labute approximate surface area is 162 Å². The summed E-state index contributed by atoms with van der Waals surface area (Å²) in [5, 5.41) is 10.00. The standard InChI is InChI=1S/C22H19ClO2S/c1-16-11-13-18(14-12-16)22(26-15-21(24)25,17-7-3-2-4-8-17)19-9-5-6-10-20(19)23/h2-14H,15H2,1H3,(H,24,25). The third-order valence-corrected chi connectivity index (χ3v) is 6.15. The Bertz CT molecular complexity index is 894. The van der Waals surface area contributed by atoms with Gasteiger partial charge in [0.2, 0.25) is 0 Å². The van der Waals surface area contributed by atoms with E-state index in [0.29, 0.717) is 5.02 Å². The molecule has 0 amide bonds. The van der Waals surface area contributed by atoms with Crippen LogP contribution >= 0.6 is 23.4 Å². The normalized spacial score (nSPS) is 13.2. The van der Waals surface area contributed by atoms with Crippen LogP contribution in [0.2, 0.25) is 5.02 Å². The highest BCUT2D eigenvalue weighted by atomic mass is 35.5. The molecule has 0 aliphatic heterocycles. The molecule has 0 heterocycles. The number of aryl methyl sites for hydroxylation is 1. The zero-order valence-corrected chi connectivity index (χ0v) is 15.9. The monoisotopic (exact) mass is 382 g/mol. The number of hydrogen-bond acceptors (Lipinski definition) is 2. The number of benzene rings is 3. The fourth-order valence-corrected chi connectivity index (χ4v) is 4.71. The van der Waals surface area contributed by atoms with Crippen LogP contribution in [0.25, 0.3) is 0 Å². The van der Waals surface area contributed by atoms with Gasteiger partial charge in [-0.1, -0.05) is 90.0 Å². The van der Waals surface area contributed by atoms with E-state index in [4.69, 9.17) is 11.6 Å². The van der Waals surface area contributed by atoms with Crippen LogP contribution in [0.5, 0.6) is 0 Å². The number of carboxylic acids is 1. The first-order valence-corrected chi connectivity index (χ1v) is 9.64. The van der Waals surface area contributed by atoms with E-state index in [1.807, 2.05) is 73.7 Å². The van der Waals surface area contributed by atoms with Gasteiger partial charge < -0.3 is 5.11 Å². The molecule has 0 aliphatic carbocycles. The molecule has 0 bridgehead atoms. The highest BCUT2D eigenvalue weighted by molar-refractivity contribution is 8.01. The minimum Gasteiger partial charge on any atom is -0.481 e. The Hall–Kier alpha value is -2.23. The second-order valence-corrected chi connectivity index (χ2v) is 7.67. The van der Waals surface area contributed by atoms with E-state index in [-0.39, 0.29) is 5.75 Å². The fourth-order valence-electron chi connectivity index (χ4n) is 3.10. The van der Waals surface area contributed by atoms with Crippen molar-refractivity contribution >= 4 is 29.3 Å². The lowest BCUT2D eigenvalue weighted by Crippen LogP contribution is -2.27. The molecule has 0 saturated heterocycles. The molecule has 26 heavy (non-hydrogen) atoms. The number of hydrogen-bond donors (Lipinski definition) is 1. The predicted molar refractivity (Wildman–Crippen MR) is 109 cm³/mol. The number of carboxylic acid groups (broad SMARTS) is 1. The van der Waals surface area contributed by atoms with Crippen LogP contribution in [0.15, 0.2) is 78.9 Å². The largest absolute Gasteiger partial charge is 0.481 e. The lowest BCUT2D eigenvalue weighted by Gasteiger charge is -2.35. The molecule has 0 aromatic heterocycles. The fraction of sp³-hybridized carbons (Fsp3) is 0.136. The van der Waals surface area contributed by atoms with Gasteiger partial charge in [0.25, 0.3) is 0 Å². The van der Waals surface area contributed by atoms with Crippen LogP contribution in [0.1, 0.15) is 22.3 Å². The van der Waals surface area contributed by atoms with Crippen molar-refractivity contribution in [2.75, 3.05) is 5.75 Å². The number of thioether (sulfide) groups is 1. The van der Waals surface area contributed by atoms with Crippen LogP contribution in [0, 0.1) is 6.92 Å². The van der Waals surface area contributed by atoms with Gasteiger partial charge in [0.1, 0.15) is 0 Å². The zero-order valence-electron chi connectivity index (χ0n) is 14.4. The summed E-state index contributed by atoms with van der Waals surface area (Å²) in [6, 6.07) is 25.8. The van der Waals surface area contributed by atoms with Crippen molar-refractivity contribution in [2.24, 2.45) is 0 Å². The van der Waals surface area contributed by atoms with E-state index in [9.17, 15) is 9.90 Å². The van der Waals surface area contributed by atoms with Gasteiger partial charge in [-0.3, -0.25) is 4.79 Å². The average Bonchev–Trinajstić information content (AvgIpc) is 2.65. The van der Waals surface area contributed by atoms with Crippen molar-refractivity contribution in [3.8, 4) is 0 Å². The number of rotatable bonds is 6. The first-order valence-electron chi connectivity index (χ1n) is 8.27. The van der Waals surface area contributed by atoms with Crippen LogP contribution in [0.4, 0.5) is 0 Å². The van der Waals surface area contributed by atoms with Crippen molar-refractivity contribution in [2.45, 2.75) is 11.7 Å². The van der Waals surface area contributed by atoms with E-state index in [1.165, 1.54) is 11.8 Å². The third-order valence-electron chi connectivity index (χ3n) is 4.30. The van der Waals surface area contributed by atoms with E-state index in [2.05, 4.69) is 12.1 Å². The maximum absolute atomic E-state index is 11.4. The Kier molecular flexibility index (Phi) is 5.70. The van der Waals surface area contributed by atoms with Gasteiger partial charge in [0, 0.05) is 5.02 Å². The van der Waals surface area contributed by atoms with E-state index >= 15 is 0 Å². The third kappa shape index (κ3) is 3.64. The molecule has 2 nitrogen and oxygen atoms in total. The summed E-state index contributed by atoms with van der Waals surface area (Å²) in [5.74, 6) is -0.886. The summed E-state index contributed by atoms with van der Waals surface area (Å²) in [5.41, 5.74) is 4.05.